The smallest absolute Gasteiger partial charge is 0.225 e. The van der Waals surface area contributed by atoms with Crippen LogP contribution in [-0.4, -0.2) is 40.5 Å². The Kier molecular flexibility index (Phi) is 5.28. The van der Waals surface area contributed by atoms with Gasteiger partial charge in [0.2, 0.25) is 11.9 Å². The molecule has 2 aromatic heterocycles. The Hall–Kier alpha value is -2.89. The lowest BCUT2D eigenvalue weighted by molar-refractivity contribution is -0.125. The normalized spacial score (nSPS) is 17.1. The van der Waals surface area contributed by atoms with Crippen LogP contribution >= 0.6 is 0 Å². The molecule has 0 bridgehead atoms. The number of nitrogens with zero attached hydrogens (tertiary/aromatic N) is 3. The standard InChI is InChI=1S/C22H27N5O/c1-15-5-6-20-19(12-15)17(13-25-20)8-10-23-21(28)18-4-3-11-27(14-18)22-24-9-7-16(2)26-22/h5-7,9,12-13,18,25H,3-4,8,10-11,14H2,1-2H3,(H,23,28)/t18-/m1/s1. The minimum absolute atomic E-state index is 0.0110. The number of carbonyl (C=O) groups is 1. The van der Waals surface area contributed by atoms with Gasteiger partial charge in [-0.3, -0.25) is 4.79 Å². The first-order valence-corrected chi connectivity index (χ1v) is 9.99. The quantitative estimate of drug-likeness (QED) is 0.716. The summed E-state index contributed by atoms with van der Waals surface area (Å²) in [5.74, 6) is 0.850. The summed E-state index contributed by atoms with van der Waals surface area (Å²) in [6.07, 6.45) is 6.56. The van der Waals surface area contributed by atoms with E-state index in [9.17, 15) is 4.79 Å². The third-order valence-corrected chi connectivity index (χ3v) is 5.47. The molecule has 0 radical (unpaired) electrons. The predicted octanol–water partition coefficient (Wildman–Crippen LogP) is 3.15. The van der Waals surface area contributed by atoms with Gasteiger partial charge < -0.3 is 15.2 Å². The number of amides is 1. The van der Waals surface area contributed by atoms with E-state index in [-0.39, 0.29) is 11.8 Å². The van der Waals surface area contributed by atoms with Gasteiger partial charge in [-0.15, -0.1) is 0 Å². The molecule has 3 heterocycles. The van der Waals surface area contributed by atoms with E-state index in [1.165, 1.54) is 16.5 Å². The lowest BCUT2D eigenvalue weighted by atomic mass is 9.97. The third kappa shape index (κ3) is 4.01. The second kappa shape index (κ2) is 8.00. The van der Waals surface area contributed by atoms with Gasteiger partial charge in [0.1, 0.15) is 0 Å². The van der Waals surface area contributed by atoms with Crippen molar-refractivity contribution in [3.8, 4) is 0 Å². The van der Waals surface area contributed by atoms with Crippen LogP contribution in [0.1, 0.15) is 29.7 Å². The fourth-order valence-electron chi connectivity index (χ4n) is 3.92. The summed E-state index contributed by atoms with van der Waals surface area (Å²) >= 11 is 0. The molecule has 1 aromatic carbocycles. The van der Waals surface area contributed by atoms with Crippen molar-refractivity contribution in [2.45, 2.75) is 33.1 Å². The van der Waals surface area contributed by atoms with E-state index in [1.54, 1.807) is 6.20 Å². The number of aromatic nitrogens is 3. The lowest BCUT2D eigenvalue weighted by Gasteiger charge is -2.32. The second-order valence-electron chi connectivity index (χ2n) is 7.69. The van der Waals surface area contributed by atoms with Crippen LogP contribution in [0, 0.1) is 19.8 Å². The average molecular weight is 377 g/mol. The third-order valence-electron chi connectivity index (χ3n) is 5.47. The van der Waals surface area contributed by atoms with Gasteiger partial charge >= 0.3 is 0 Å². The van der Waals surface area contributed by atoms with Crippen LogP contribution in [0.15, 0.2) is 36.7 Å². The molecule has 1 aliphatic heterocycles. The number of nitrogens with one attached hydrogen (secondary N) is 2. The zero-order valence-electron chi connectivity index (χ0n) is 16.5. The first kappa shape index (κ1) is 18.5. The monoisotopic (exact) mass is 377 g/mol. The van der Waals surface area contributed by atoms with Gasteiger partial charge in [-0.2, -0.15) is 0 Å². The van der Waals surface area contributed by atoms with Crippen LogP contribution in [0.2, 0.25) is 0 Å². The molecule has 146 valence electrons. The summed E-state index contributed by atoms with van der Waals surface area (Å²) in [7, 11) is 0. The van der Waals surface area contributed by atoms with Gasteiger partial charge in [0.15, 0.2) is 0 Å². The minimum Gasteiger partial charge on any atom is -0.361 e. The summed E-state index contributed by atoms with van der Waals surface area (Å²) in [6.45, 7) is 6.30. The highest BCUT2D eigenvalue weighted by molar-refractivity contribution is 5.84. The van der Waals surface area contributed by atoms with Crippen molar-refractivity contribution in [3.05, 3.63) is 53.5 Å². The summed E-state index contributed by atoms with van der Waals surface area (Å²) < 4.78 is 0. The van der Waals surface area contributed by atoms with Crippen molar-refractivity contribution in [2.24, 2.45) is 5.92 Å². The molecule has 0 spiro atoms. The van der Waals surface area contributed by atoms with Crippen molar-refractivity contribution >= 4 is 22.8 Å². The van der Waals surface area contributed by atoms with Gasteiger partial charge in [0.05, 0.1) is 5.92 Å². The summed E-state index contributed by atoms with van der Waals surface area (Å²) in [5, 5.41) is 4.38. The van der Waals surface area contributed by atoms with Crippen LogP contribution in [0.5, 0.6) is 0 Å². The molecule has 28 heavy (non-hydrogen) atoms. The molecule has 0 unspecified atom stereocenters. The molecule has 1 amide bonds. The summed E-state index contributed by atoms with van der Waals surface area (Å²) in [5.41, 5.74) is 4.59. The summed E-state index contributed by atoms with van der Waals surface area (Å²) in [6, 6.07) is 8.31. The van der Waals surface area contributed by atoms with Gasteiger partial charge in [-0.25, -0.2) is 9.97 Å². The van der Waals surface area contributed by atoms with E-state index in [4.69, 9.17) is 0 Å². The Balaban J connectivity index is 1.33. The van der Waals surface area contributed by atoms with Gasteiger partial charge in [0.25, 0.3) is 0 Å². The van der Waals surface area contributed by atoms with E-state index in [1.807, 2.05) is 19.2 Å². The van der Waals surface area contributed by atoms with Crippen molar-refractivity contribution in [2.75, 3.05) is 24.5 Å². The molecule has 1 saturated heterocycles. The van der Waals surface area contributed by atoms with E-state index < -0.39 is 0 Å². The maximum absolute atomic E-state index is 12.7. The maximum Gasteiger partial charge on any atom is 0.225 e. The molecule has 1 aliphatic rings. The Bertz CT molecular complexity index is 980. The van der Waals surface area contributed by atoms with E-state index >= 15 is 0 Å². The Morgan fingerprint density at radius 2 is 2.21 bits per heavy atom. The average Bonchev–Trinajstić information content (AvgIpc) is 3.10. The largest absolute Gasteiger partial charge is 0.361 e. The fourth-order valence-corrected chi connectivity index (χ4v) is 3.92. The zero-order valence-corrected chi connectivity index (χ0v) is 16.5. The van der Waals surface area contributed by atoms with Crippen LogP contribution in [0.4, 0.5) is 5.95 Å². The van der Waals surface area contributed by atoms with Crippen molar-refractivity contribution < 1.29 is 4.79 Å². The van der Waals surface area contributed by atoms with Crippen LogP contribution < -0.4 is 10.2 Å². The molecule has 1 fully saturated rings. The Labute approximate surface area is 165 Å². The Morgan fingerprint density at radius 3 is 3.07 bits per heavy atom. The van der Waals surface area contributed by atoms with Crippen LogP contribution in [-0.2, 0) is 11.2 Å². The zero-order chi connectivity index (χ0) is 19.5. The topological polar surface area (TPSA) is 73.9 Å². The fraction of sp³-hybridized carbons (Fsp3) is 0.409. The number of benzene rings is 1. The first-order valence-electron chi connectivity index (χ1n) is 9.99. The van der Waals surface area contributed by atoms with Gasteiger partial charge in [0, 0.05) is 48.6 Å². The maximum atomic E-state index is 12.7. The molecule has 6 heteroatoms. The molecular weight excluding hydrogens is 350 g/mol. The minimum atomic E-state index is -0.0110. The molecule has 3 aromatic rings. The number of piperidine rings is 1. The SMILES string of the molecule is Cc1ccc2[nH]cc(CCNC(=O)[C@@H]3CCCN(c4nccc(C)n4)C3)c2c1. The highest BCUT2D eigenvalue weighted by atomic mass is 16.1. The number of aryl methyl sites for hydroxylation is 2. The van der Waals surface area contributed by atoms with Gasteiger partial charge in [-0.05, 0) is 56.9 Å². The number of rotatable bonds is 5. The van der Waals surface area contributed by atoms with E-state index in [2.05, 4.69) is 50.3 Å². The first-order chi connectivity index (χ1) is 13.6. The highest BCUT2D eigenvalue weighted by Gasteiger charge is 2.27. The van der Waals surface area contributed by atoms with E-state index in [0.717, 1.165) is 43.0 Å². The number of carbonyl (C=O) groups excluding carboxylic acids is 1. The number of aromatic amines is 1. The molecular formula is C22H27N5O. The number of hydrogen-bond acceptors (Lipinski definition) is 4. The van der Waals surface area contributed by atoms with Gasteiger partial charge in [-0.1, -0.05) is 11.6 Å². The number of fused-ring (bicyclic) bond motifs is 1. The predicted molar refractivity (Wildman–Crippen MR) is 111 cm³/mol. The van der Waals surface area contributed by atoms with Crippen molar-refractivity contribution in [1.82, 2.24) is 20.3 Å². The van der Waals surface area contributed by atoms with Crippen molar-refractivity contribution in [1.29, 1.82) is 0 Å². The van der Waals surface area contributed by atoms with E-state index in [0.29, 0.717) is 13.1 Å². The molecule has 0 aliphatic carbocycles. The van der Waals surface area contributed by atoms with Crippen molar-refractivity contribution in [3.63, 3.8) is 0 Å². The number of anilines is 1. The summed E-state index contributed by atoms with van der Waals surface area (Å²) in [4.78, 5) is 27.0. The van der Waals surface area contributed by atoms with Crippen LogP contribution in [0.25, 0.3) is 10.9 Å². The number of hydrogen-bond donors (Lipinski definition) is 2. The molecule has 0 saturated carbocycles. The highest BCUT2D eigenvalue weighted by Crippen LogP contribution is 2.22. The molecule has 2 N–H and O–H groups in total. The second-order valence-corrected chi connectivity index (χ2v) is 7.69. The Morgan fingerprint density at radius 1 is 1.32 bits per heavy atom. The molecule has 1 atom stereocenters. The molecule has 4 rings (SSSR count). The lowest BCUT2D eigenvalue weighted by Crippen LogP contribution is -2.44. The van der Waals surface area contributed by atoms with Crippen LogP contribution in [0.3, 0.4) is 0 Å². The number of H-pyrrole nitrogens is 1. The molecule has 6 nitrogen and oxygen atoms in total.